The summed E-state index contributed by atoms with van der Waals surface area (Å²) in [6, 6.07) is 7.15. The highest BCUT2D eigenvalue weighted by molar-refractivity contribution is 5.88. The number of anilines is 1. The van der Waals surface area contributed by atoms with Gasteiger partial charge in [-0.25, -0.2) is 0 Å². The molecule has 0 spiro atoms. The van der Waals surface area contributed by atoms with Crippen molar-refractivity contribution in [3.63, 3.8) is 0 Å². The van der Waals surface area contributed by atoms with E-state index in [2.05, 4.69) is 15.4 Å². The quantitative estimate of drug-likeness (QED) is 0.766. The van der Waals surface area contributed by atoms with Gasteiger partial charge in [0.1, 0.15) is 0 Å². The van der Waals surface area contributed by atoms with Crippen molar-refractivity contribution < 1.29 is 19.1 Å². The van der Waals surface area contributed by atoms with Crippen molar-refractivity contribution in [1.82, 2.24) is 5.32 Å². The van der Waals surface area contributed by atoms with Crippen LogP contribution in [-0.4, -0.2) is 24.9 Å². The van der Waals surface area contributed by atoms with Gasteiger partial charge in [0.15, 0.2) is 0 Å². The van der Waals surface area contributed by atoms with Gasteiger partial charge in [-0.3, -0.25) is 14.4 Å². The summed E-state index contributed by atoms with van der Waals surface area (Å²) in [6.45, 7) is 1.82. The average molecular weight is 278 g/mol. The third kappa shape index (κ3) is 5.99. The topological polar surface area (TPSA) is 84.5 Å². The van der Waals surface area contributed by atoms with Crippen LogP contribution in [0.2, 0.25) is 0 Å². The molecular weight excluding hydrogens is 260 g/mol. The first kappa shape index (κ1) is 15.7. The van der Waals surface area contributed by atoms with Crippen molar-refractivity contribution in [2.75, 3.05) is 12.4 Å². The van der Waals surface area contributed by atoms with E-state index in [4.69, 9.17) is 0 Å². The summed E-state index contributed by atoms with van der Waals surface area (Å²) >= 11 is 0. The molecule has 108 valence electrons. The summed E-state index contributed by atoms with van der Waals surface area (Å²) < 4.78 is 4.45. The van der Waals surface area contributed by atoms with Crippen molar-refractivity contribution in [2.24, 2.45) is 0 Å². The van der Waals surface area contributed by atoms with Crippen LogP contribution in [-0.2, 0) is 25.7 Å². The number of hydrogen-bond acceptors (Lipinski definition) is 4. The van der Waals surface area contributed by atoms with Crippen LogP contribution in [0.3, 0.4) is 0 Å². The molecule has 0 fully saturated rings. The van der Waals surface area contributed by atoms with Gasteiger partial charge in [-0.15, -0.1) is 0 Å². The molecule has 6 nitrogen and oxygen atoms in total. The summed E-state index contributed by atoms with van der Waals surface area (Å²) in [6.07, 6.45) is 0.181. The lowest BCUT2D eigenvalue weighted by Crippen LogP contribution is -2.23. The summed E-state index contributed by atoms with van der Waals surface area (Å²) in [7, 11) is 1.29. The Hall–Kier alpha value is -2.37. The lowest BCUT2D eigenvalue weighted by molar-refractivity contribution is -0.142. The van der Waals surface area contributed by atoms with Crippen LogP contribution in [0.1, 0.15) is 25.3 Å². The van der Waals surface area contributed by atoms with Gasteiger partial charge in [0, 0.05) is 25.6 Å². The Morgan fingerprint density at radius 1 is 1.10 bits per heavy atom. The standard InChI is InChI=1S/C14H18N2O4/c1-10(17)16-12-5-3-11(4-6-12)9-15-13(18)7-8-14(19)20-2/h3-6H,7-9H2,1-2H3,(H,15,18)(H,16,17). The fourth-order valence-corrected chi connectivity index (χ4v) is 1.52. The van der Waals surface area contributed by atoms with Crippen molar-refractivity contribution in [2.45, 2.75) is 26.3 Å². The number of methoxy groups -OCH3 is 1. The van der Waals surface area contributed by atoms with Gasteiger partial charge < -0.3 is 15.4 Å². The van der Waals surface area contributed by atoms with E-state index in [-0.39, 0.29) is 24.7 Å². The number of amides is 2. The molecule has 0 saturated carbocycles. The molecule has 0 atom stereocenters. The summed E-state index contributed by atoms with van der Waals surface area (Å²) in [5, 5.41) is 5.36. The number of rotatable bonds is 6. The van der Waals surface area contributed by atoms with Crippen LogP contribution in [0.25, 0.3) is 0 Å². The first-order chi connectivity index (χ1) is 9.51. The van der Waals surface area contributed by atoms with Crippen LogP contribution in [0.5, 0.6) is 0 Å². The van der Waals surface area contributed by atoms with Crippen LogP contribution in [0.4, 0.5) is 5.69 Å². The van der Waals surface area contributed by atoms with Crippen LogP contribution in [0.15, 0.2) is 24.3 Å². The zero-order chi connectivity index (χ0) is 15.0. The van der Waals surface area contributed by atoms with E-state index >= 15 is 0 Å². The van der Waals surface area contributed by atoms with E-state index in [1.54, 1.807) is 12.1 Å². The van der Waals surface area contributed by atoms with E-state index in [1.807, 2.05) is 12.1 Å². The number of hydrogen-bond donors (Lipinski definition) is 2. The fraction of sp³-hybridized carbons (Fsp3) is 0.357. The molecule has 2 N–H and O–H groups in total. The van der Waals surface area contributed by atoms with Crippen molar-refractivity contribution in [1.29, 1.82) is 0 Å². The maximum absolute atomic E-state index is 11.5. The molecule has 1 rings (SSSR count). The number of benzene rings is 1. The predicted octanol–water partition coefficient (Wildman–Crippen LogP) is 1.21. The number of carbonyl (C=O) groups excluding carboxylic acids is 3. The lowest BCUT2D eigenvalue weighted by atomic mass is 10.2. The average Bonchev–Trinajstić information content (AvgIpc) is 2.43. The minimum atomic E-state index is -0.403. The third-order valence-corrected chi connectivity index (χ3v) is 2.55. The zero-order valence-corrected chi connectivity index (χ0v) is 11.6. The molecule has 0 bridgehead atoms. The molecule has 0 saturated heterocycles. The summed E-state index contributed by atoms with van der Waals surface area (Å²) in [4.78, 5) is 33.2. The molecule has 0 aliphatic rings. The van der Waals surface area contributed by atoms with E-state index < -0.39 is 5.97 Å². The monoisotopic (exact) mass is 278 g/mol. The first-order valence-electron chi connectivity index (χ1n) is 6.21. The number of esters is 1. The Labute approximate surface area is 117 Å². The van der Waals surface area contributed by atoms with Crippen LogP contribution in [0, 0.1) is 0 Å². The highest BCUT2D eigenvalue weighted by Crippen LogP contribution is 2.09. The molecule has 0 radical (unpaired) electrons. The second kappa shape index (κ2) is 7.93. The smallest absolute Gasteiger partial charge is 0.306 e. The van der Waals surface area contributed by atoms with E-state index in [0.717, 1.165) is 5.56 Å². The third-order valence-electron chi connectivity index (χ3n) is 2.55. The van der Waals surface area contributed by atoms with Gasteiger partial charge in [-0.05, 0) is 17.7 Å². The molecular formula is C14H18N2O4. The van der Waals surface area contributed by atoms with Crippen molar-refractivity contribution >= 4 is 23.5 Å². The van der Waals surface area contributed by atoms with Crippen molar-refractivity contribution in [3.05, 3.63) is 29.8 Å². The number of carbonyl (C=O) groups is 3. The SMILES string of the molecule is COC(=O)CCC(=O)NCc1ccc(NC(C)=O)cc1. The van der Waals surface area contributed by atoms with Crippen LogP contribution >= 0.6 is 0 Å². The van der Waals surface area contributed by atoms with Crippen LogP contribution < -0.4 is 10.6 Å². The predicted molar refractivity (Wildman–Crippen MR) is 73.8 cm³/mol. The second-order valence-corrected chi connectivity index (χ2v) is 4.23. The molecule has 20 heavy (non-hydrogen) atoms. The Morgan fingerprint density at radius 3 is 2.30 bits per heavy atom. The highest BCUT2D eigenvalue weighted by Gasteiger charge is 2.06. The first-order valence-corrected chi connectivity index (χ1v) is 6.21. The van der Waals surface area contributed by atoms with Gasteiger partial charge in [0.05, 0.1) is 13.5 Å². The molecule has 0 heterocycles. The zero-order valence-electron chi connectivity index (χ0n) is 11.6. The lowest BCUT2D eigenvalue weighted by Gasteiger charge is -2.06. The Kier molecular flexibility index (Phi) is 6.22. The van der Waals surface area contributed by atoms with Gasteiger partial charge in [-0.1, -0.05) is 12.1 Å². The molecule has 1 aromatic carbocycles. The molecule has 0 unspecified atom stereocenters. The number of ether oxygens (including phenoxy) is 1. The summed E-state index contributed by atoms with van der Waals surface area (Å²) in [5.41, 5.74) is 1.61. The molecule has 2 amide bonds. The minimum absolute atomic E-state index is 0.0732. The van der Waals surface area contributed by atoms with Gasteiger partial charge in [-0.2, -0.15) is 0 Å². The van der Waals surface area contributed by atoms with E-state index in [1.165, 1.54) is 14.0 Å². The van der Waals surface area contributed by atoms with Gasteiger partial charge in [0.2, 0.25) is 11.8 Å². The van der Waals surface area contributed by atoms with E-state index in [9.17, 15) is 14.4 Å². The highest BCUT2D eigenvalue weighted by atomic mass is 16.5. The molecule has 0 aliphatic carbocycles. The molecule has 0 aliphatic heterocycles. The number of nitrogens with one attached hydrogen (secondary N) is 2. The minimum Gasteiger partial charge on any atom is -0.469 e. The second-order valence-electron chi connectivity index (χ2n) is 4.23. The maximum atomic E-state index is 11.5. The van der Waals surface area contributed by atoms with E-state index in [0.29, 0.717) is 12.2 Å². The molecule has 1 aromatic rings. The Bertz CT molecular complexity index is 482. The fourth-order valence-electron chi connectivity index (χ4n) is 1.52. The van der Waals surface area contributed by atoms with Crippen molar-refractivity contribution in [3.8, 4) is 0 Å². The normalized spacial score (nSPS) is 9.70. The van der Waals surface area contributed by atoms with Gasteiger partial charge in [0.25, 0.3) is 0 Å². The van der Waals surface area contributed by atoms with Gasteiger partial charge >= 0.3 is 5.97 Å². The maximum Gasteiger partial charge on any atom is 0.306 e. The Morgan fingerprint density at radius 2 is 1.75 bits per heavy atom. The largest absolute Gasteiger partial charge is 0.469 e. The Balaban J connectivity index is 2.36. The molecule has 0 aromatic heterocycles. The summed E-state index contributed by atoms with van der Waals surface area (Å²) in [5.74, 6) is -0.741. The molecule has 6 heteroatoms.